The zero-order valence-corrected chi connectivity index (χ0v) is 10.6. The van der Waals surface area contributed by atoms with E-state index in [4.69, 9.17) is 0 Å². The van der Waals surface area contributed by atoms with Gasteiger partial charge in [-0.25, -0.2) is 0 Å². The maximum absolute atomic E-state index is 4.19. The van der Waals surface area contributed by atoms with Crippen molar-refractivity contribution in [2.24, 2.45) is 0 Å². The number of nitrogens with one attached hydrogen (secondary N) is 1. The van der Waals surface area contributed by atoms with E-state index in [1.807, 2.05) is 24.2 Å². The molecule has 0 amide bonds. The highest BCUT2D eigenvalue weighted by Crippen LogP contribution is 2.04. The van der Waals surface area contributed by atoms with Gasteiger partial charge in [-0.1, -0.05) is 13.0 Å². The van der Waals surface area contributed by atoms with E-state index < -0.39 is 0 Å². The molecule has 1 rings (SSSR count). The van der Waals surface area contributed by atoms with Crippen molar-refractivity contribution < 1.29 is 0 Å². The average molecular weight is 224 g/mol. The summed E-state index contributed by atoms with van der Waals surface area (Å²) in [5.41, 5.74) is 2.50. The quantitative estimate of drug-likeness (QED) is 0.804. The minimum Gasteiger partial charge on any atom is -0.309 e. The van der Waals surface area contributed by atoms with E-state index in [9.17, 15) is 0 Å². The molecule has 1 aromatic heterocycles. The highest BCUT2D eigenvalue weighted by Gasteiger charge is 2.04. The lowest BCUT2D eigenvalue weighted by Gasteiger charge is -2.15. The molecule has 2 nitrogen and oxygen atoms in total. The minimum absolute atomic E-state index is 0.612. The Morgan fingerprint density at radius 1 is 1.47 bits per heavy atom. The molecule has 1 N–H and O–H groups in total. The Morgan fingerprint density at radius 2 is 2.27 bits per heavy atom. The minimum atomic E-state index is 0.612. The fraction of sp³-hybridized carbons (Fsp3) is 0.583. The van der Waals surface area contributed by atoms with Crippen molar-refractivity contribution in [1.82, 2.24) is 10.3 Å². The summed E-state index contributed by atoms with van der Waals surface area (Å²) in [6.45, 7) is 5.23. The Balaban J connectivity index is 2.41. The molecule has 84 valence electrons. The van der Waals surface area contributed by atoms with Crippen LogP contribution in [-0.4, -0.2) is 23.0 Å². The van der Waals surface area contributed by atoms with Crippen LogP contribution in [0.2, 0.25) is 0 Å². The fourth-order valence-electron chi connectivity index (χ4n) is 1.50. The molecule has 0 aromatic carbocycles. The Kier molecular flexibility index (Phi) is 5.73. The third kappa shape index (κ3) is 4.67. The fourth-order valence-corrected chi connectivity index (χ4v) is 2.25. The third-order valence-corrected chi connectivity index (χ3v) is 3.12. The van der Waals surface area contributed by atoms with Gasteiger partial charge in [-0.2, -0.15) is 11.8 Å². The first-order valence-electron chi connectivity index (χ1n) is 5.39. The van der Waals surface area contributed by atoms with Gasteiger partial charge in [0, 0.05) is 30.7 Å². The van der Waals surface area contributed by atoms with E-state index in [0.29, 0.717) is 6.04 Å². The van der Waals surface area contributed by atoms with Crippen LogP contribution in [0.15, 0.2) is 18.5 Å². The molecule has 1 unspecified atom stereocenters. The molecule has 0 spiro atoms. The number of pyridine rings is 1. The topological polar surface area (TPSA) is 24.9 Å². The summed E-state index contributed by atoms with van der Waals surface area (Å²) in [4.78, 5) is 4.19. The summed E-state index contributed by atoms with van der Waals surface area (Å²) in [6.07, 6.45) is 7.16. The molecular formula is C12H20N2S. The normalized spacial score (nSPS) is 12.7. The van der Waals surface area contributed by atoms with Gasteiger partial charge in [0.15, 0.2) is 0 Å². The SMILES string of the molecule is CCC(CSC)NCc1cncc(C)c1. The van der Waals surface area contributed by atoms with E-state index in [2.05, 4.69) is 36.5 Å². The van der Waals surface area contributed by atoms with E-state index in [0.717, 1.165) is 6.54 Å². The second-order valence-electron chi connectivity index (χ2n) is 3.81. The first-order valence-corrected chi connectivity index (χ1v) is 6.78. The molecule has 1 heterocycles. The van der Waals surface area contributed by atoms with Crippen LogP contribution in [0.4, 0.5) is 0 Å². The van der Waals surface area contributed by atoms with Gasteiger partial charge in [-0.05, 0) is 30.7 Å². The van der Waals surface area contributed by atoms with E-state index in [1.54, 1.807) is 0 Å². The van der Waals surface area contributed by atoms with Gasteiger partial charge < -0.3 is 5.32 Å². The molecule has 1 atom stereocenters. The molecule has 0 aliphatic rings. The lowest BCUT2D eigenvalue weighted by atomic mass is 10.2. The number of thioether (sulfide) groups is 1. The Hall–Kier alpha value is -0.540. The number of aryl methyl sites for hydroxylation is 1. The molecule has 0 saturated heterocycles. The Bertz CT molecular complexity index is 289. The van der Waals surface area contributed by atoms with Crippen molar-refractivity contribution in [1.29, 1.82) is 0 Å². The molecule has 0 fully saturated rings. The largest absolute Gasteiger partial charge is 0.309 e. The van der Waals surface area contributed by atoms with E-state index in [-0.39, 0.29) is 0 Å². The maximum atomic E-state index is 4.19. The van der Waals surface area contributed by atoms with E-state index in [1.165, 1.54) is 23.3 Å². The summed E-state index contributed by atoms with van der Waals surface area (Å²) < 4.78 is 0. The van der Waals surface area contributed by atoms with Crippen molar-refractivity contribution in [3.8, 4) is 0 Å². The average Bonchev–Trinajstić information content (AvgIpc) is 2.24. The second kappa shape index (κ2) is 6.85. The van der Waals surface area contributed by atoms with Gasteiger partial charge >= 0.3 is 0 Å². The first kappa shape index (κ1) is 12.5. The molecule has 3 heteroatoms. The third-order valence-electron chi connectivity index (χ3n) is 2.39. The molecule has 15 heavy (non-hydrogen) atoms. The predicted octanol–water partition coefficient (Wildman–Crippen LogP) is 2.62. The highest BCUT2D eigenvalue weighted by molar-refractivity contribution is 7.98. The molecule has 1 aromatic rings. The highest BCUT2D eigenvalue weighted by atomic mass is 32.2. The van der Waals surface area contributed by atoms with Crippen LogP contribution in [-0.2, 0) is 6.54 Å². The van der Waals surface area contributed by atoms with Crippen molar-refractivity contribution >= 4 is 11.8 Å². The molecule has 0 bridgehead atoms. The monoisotopic (exact) mass is 224 g/mol. The van der Waals surface area contributed by atoms with Gasteiger partial charge in [0.1, 0.15) is 0 Å². The van der Waals surface area contributed by atoms with Gasteiger partial charge in [0.05, 0.1) is 0 Å². The van der Waals surface area contributed by atoms with Crippen molar-refractivity contribution in [3.63, 3.8) is 0 Å². The van der Waals surface area contributed by atoms with Crippen molar-refractivity contribution in [2.75, 3.05) is 12.0 Å². The van der Waals surface area contributed by atoms with Crippen molar-refractivity contribution in [3.05, 3.63) is 29.6 Å². The van der Waals surface area contributed by atoms with Gasteiger partial charge in [0.25, 0.3) is 0 Å². The van der Waals surface area contributed by atoms with Crippen LogP contribution in [0, 0.1) is 6.92 Å². The molecule has 0 aliphatic heterocycles. The lowest BCUT2D eigenvalue weighted by molar-refractivity contribution is 0.540. The summed E-state index contributed by atoms with van der Waals surface area (Å²) in [5, 5.41) is 3.55. The van der Waals surface area contributed by atoms with Crippen LogP contribution in [0.25, 0.3) is 0 Å². The zero-order chi connectivity index (χ0) is 11.1. The lowest BCUT2D eigenvalue weighted by Crippen LogP contribution is -2.30. The van der Waals surface area contributed by atoms with Gasteiger partial charge in [-0.3, -0.25) is 4.98 Å². The zero-order valence-electron chi connectivity index (χ0n) is 9.79. The van der Waals surface area contributed by atoms with Crippen LogP contribution >= 0.6 is 11.8 Å². The summed E-state index contributed by atoms with van der Waals surface area (Å²) in [7, 11) is 0. The number of hydrogen-bond acceptors (Lipinski definition) is 3. The smallest absolute Gasteiger partial charge is 0.0313 e. The maximum Gasteiger partial charge on any atom is 0.0313 e. The number of rotatable bonds is 6. The number of hydrogen-bond donors (Lipinski definition) is 1. The predicted molar refractivity (Wildman–Crippen MR) is 68.3 cm³/mol. The van der Waals surface area contributed by atoms with Gasteiger partial charge in [-0.15, -0.1) is 0 Å². The van der Waals surface area contributed by atoms with Gasteiger partial charge in [0.2, 0.25) is 0 Å². The molecular weight excluding hydrogens is 204 g/mol. The summed E-state index contributed by atoms with van der Waals surface area (Å²) in [5.74, 6) is 1.18. The van der Waals surface area contributed by atoms with Crippen molar-refractivity contribution in [2.45, 2.75) is 32.9 Å². The standard InChI is InChI=1S/C12H20N2S/c1-4-12(9-15-3)14-8-11-5-10(2)6-13-7-11/h5-7,12,14H,4,8-9H2,1-3H3. The number of nitrogens with zero attached hydrogens (tertiary/aromatic N) is 1. The summed E-state index contributed by atoms with van der Waals surface area (Å²) in [6, 6.07) is 2.80. The number of aromatic nitrogens is 1. The second-order valence-corrected chi connectivity index (χ2v) is 4.72. The van der Waals surface area contributed by atoms with Crippen LogP contribution in [0.3, 0.4) is 0 Å². The Morgan fingerprint density at radius 3 is 2.87 bits per heavy atom. The van der Waals surface area contributed by atoms with Crippen LogP contribution in [0.5, 0.6) is 0 Å². The van der Waals surface area contributed by atoms with Crippen LogP contribution < -0.4 is 5.32 Å². The molecule has 0 aliphatic carbocycles. The molecule has 0 saturated carbocycles. The van der Waals surface area contributed by atoms with Crippen LogP contribution in [0.1, 0.15) is 24.5 Å². The molecule has 0 radical (unpaired) electrons. The Labute approximate surface area is 96.9 Å². The first-order chi connectivity index (χ1) is 7.26. The van der Waals surface area contributed by atoms with E-state index >= 15 is 0 Å². The summed E-state index contributed by atoms with van der Waals surface area (Å²) >= 11 is 1.89.